The fourth-order valence-electron chi connectivity index (χ4n) is 3.78. The number of rotatable bonds is 8. The van der Waals surface area contributed by atoms with Gasteiger partial charge in [-0.1, -0.05) is 38.1 Å². The number of benzene rings is 2. The Morgan fingerprint density at radius 2 is 1.66 bits per heavy atom. The van der Waals surface area contributed by atoms with Crippen molar-refractivity contribution in [1.29, 1.82) is 0 Å². The summed E-state index contributed by atoms with van der Waals surface area (Å²) in [6.45, 7) is 7.74. The Hall–Kier alpha value is -3.41. The lowest BCUT2D eigenvalue weighted by Crippen LogP contribution is -2.34. The first-order chi connectivity index (χ1) is 15.5. The molecule has 32 heavy (non-hydrogen) atoms. The van der Waals surface area contributed by atoms with Crippen LogP contribution in [-0.2, 0) is 9.53 Å². The Bertz CT molecular complexity index is 1030. The van der Waals surface area contributed by atoms with E-state index < -0.39 is 0 Å². The average Bonchev–Trinajstić information content (AvgIpc) is 2.96. The highest BCUT2D eigenvalue weighted by molar-refractivity contribution is 6.05. The predicted molar refractivity (Wildman–Crippen MR) is 129 cm³/mol. The molecule has 0 unspecified atom stereocenters. The lowest BCUT2D eigenvalue weighted by molar-refractivity contribution is -0.127. The molecule has 2 N–H and O–H groups in total. The Kier molecular flexibility index (Phi) is 7.82. The quantitative estimate of drug-likeness (QED) is 0.597. The van der Waals surface area contributed by atoms with Gasteiger partial charge in [0.2, 0.25) is 5.91 Å². The number of esters is 1. The number of ether oxygens (including phenoxy) is 1. The number of carbonyl (C=O) groups is 2. The van der Waals surface area contributed by atoms with Crippen LogP contribution in [0.15, 0.2) is 53.0 Å². The van der Waals surface area contributed by atoms with Gasteiger partial charge in [0.1, 0.15) is 5.84 Å². The molecule has 0 atom stereocenters. The maximum absolute atomic E-state index is 13.1. The van der Waals surface area contributed by atoms with Crippen molar-refractivity contribution >= 4 is 29.5 Å². The molecule has 3 rings (SSSR count). The number of carbonyl (C=O) groups excluding carboxylic acids is 2. The minimum absolute atomic E-state index is 0.0262. The van der Waals surface area contributed by atoms with E-state index in [0.29, 0.717) is 30.0 Å². The van der Waals surface area contributed by atoms with Crippen LogP contribution in [0.2, 0.25) is 0 Å². The van der Waals surface area contributed by atoms with Crippen molar-refractivity contribution in [2.45, 2.75) is 40.0 Å². The molecule has 0 saturated heterocycles. The van der Waals surface area contributed by atoms with E-state index in [0.717, 1.165) is 48.3 Å². The van der Waals surface area contributed by atoms with E-state index in [2.05, 4.69) is 18.8 Å². The molecule has 0 fully saturated rings. The third-order valence-corrected chi connectivity index (χ3v) is 5.27. The maximum atomic E-state index is 13.1. The molecule has 168 valence electrons. The normalized spacial score (nSPS) is 12.8. The molecule has 1 heterocycles. The van der Waals surface area contributed by atoms with Gasteiger partial charge in [0, 0.05) is 30.6 Å². The SMILES string of the molecule is CCCN(CCC)C(=O)C1=Cc2ccc(-c3ccc(C(=O)OCC)cc3)cc2N=C(N)C1. The zero-order valence-corrected chi connectivity index (χ0v) is 19.1. The summed E-state index contributed by atoms with van der Waals surface area (Å²) < 4.78 is 5.04. The second kappa shape index (κ2) is 10.8. The van der Waals surface area contributed by atoms with Crippen LogP contribution in [0.4, 0.5) is 5.69 Å². The molecule has 0 aromatic heterocycles. The standard InChI is InChI=1S/C26H31N3O3/c1-4-13-29(14-5-2)25(30)22-15-21-12-11-20(16-23(21)28-24(27)17-22)18-7-9-19(10-8-18)26(31)32-6-3/h7-12,15-16H,4-6,13-14,17H2,1-3H3,(H2,27,28). The first-order valence-electron chi connectivity index (χ1n) is 11.2. The Morgan fingerprint density at radius 3 is 2.28 bits per heavy atom. The average molecular weight is 434 g/mol. The topological polar surface area (TPSA) is 85.0 Å². The molecule has 2 aromatic carbocycles. The summed E-state index contributed by atoms with van der Waals surface area (Å²) in [6, 6.07) is 13.2. The fraction of sp³-hybridized carbons (Fsp3) is 0.346. The highest BCUT2D eigenvalue weighted by Crippen LogP contribution is 2.32. The van der Waals surface area contributed by atoms with Gasteiger partial charge >= 0.3 is 5.97 Å². The molecule has 1 aliphatic heterocycles. The van der Waals surface area contributed by atoms with E-state index in [1.54, 1.807) is 19.1 Å². The van der Waals surface area contributed by atoms with E-state index in [4.69, 9.17) is 10.5 Å². The van der Waals surface area contributed by atoms with Crippen molar-refractivity contribution in [2.75, 3.05) is 19.7 Å². The van der Waals surface area contributed by atoms with Gasteiger partial charge in [0.25, 0.3) is 0 Å². The summed E-state index contributed by atoms with van der Waals surface area (Å²) in [4.78, 5) is 31.5. The van der Waals surface area contributed by atoms with E-state index in [9.17, 15) is 9.59 Å². The second-order valence-electron chi connectivity index (χ2n) is 7.81. The lowest BCUT2D eigenvalue weighted by atomic mass is 10.00. The summed E-state index contributed by atoms with van der Waals surface area (Å²) >= 11 is 0. The number of nitrogens with zero attached hydrogens (tertiary/aromatic N) is 2. The zero-order valence-electron chi connectivity index (χ0n) is 19.1. The summed E-state index contributed by atoms with van der Waals surface area (Å²) in [6.07, 6.45) is 4.07. The summed E-state index contributed by atoms with van der Waals surface area (Å²) in [5, 5.41) is 0. The third kappa shape index (κ3) is 5.44. The number of hydrogen-bond acceptors (Lipinski definition) is 5. The number of amides is 1. The number of nitrogens with two attached hydrogens (primary N) is 1. The molecule has 0 radical (unpaired) electrons. The molecule has 6 nitrogen and oxygen atoms in total. The highest BCUT2D eigenvalue weighted by Gasteiger charge is 2.21. The van der Waals surface area contributed by atoms with Gasteiger partial charge in [-0.3, -0.25) is 4.79 Å². The maximum Gasteiger partial charge on any atom is 0.338 e. The van der Waals surface area contributed by atoms with E-state index >= 15 is 0 Å². The van der Waals surface area contributed by atoms with E-state index in [-0.39, 0.29) is 11.9 Å². The number of fused-ring (bicyclic) bond motifs is 1. The monoisotopic (exact) mass is 433 g/mol. The first kappa shape index (κ1) is 23.3. The van der Waals surface area contributed by atoms with Gasteiger partial charge in [-0.25, -0.2) is 9.79 Å². The van der Waals surface area contributed by atoms with Crippen LogP contribution < -0.4 is 5.73 Å². The Balaban J connectivity index is 1.90. The van der Waals surface area contributed by atoms with Gasteiger partial charge in [-0.15, -0.1) is 0 Å². The number of amidine groups is 1. The molecule has 1 amide bonds. The fourth-order valence-corrected chi connectivity index (χ4v) is 3.78. The molecule has 0 bridgehead atoms. The van der Waals surface area contributed by atoms with Crippen LogP contribution in [-0.4, -0.2) is 42.3 Å². The van der Waals surface area contributed by atoms with Crippen molar-refractivity contribution in [3.05, 3.63) is 59.2 Å². The Labute approximate surface area is 189 Å². The minimum Gasteiger partial charge on any atom is -0.462 e. The van der Waals surface area contributed by atoms with Crippen molar-refractivity contribution in [1.82, 2.24) is 4.90 Å². The first-order valence-corrected chi connectivity index (χ1v) is 11.2. The van der Waals surface area contributed by atoms with Gasteiger partial charge < -0.3 is 15.4 Å². The molecule has 2 aromatic rings. The van der Waals surface area contributed by atoms with Crippen LogP contribution in [0, 0.1) is 0 Å². The third-order valence-electron chi connectivity index (χ3n) is 5.27. The number of aliphatic imine (C=N–C) groups is 1. The van der Waals surface area contributed by atoms with E-state index in [1.165, 1.54) is 0 Å². The van der Waals surface area contributed by atoms with E-state index in [1.807, 2.05) is 41.3 Å². The van der Waals surface area contributed by atoms with Crippen molar-refractivity contribution in [3.63, 3.8) is 0 Å². The molecule has 0 saturated carbocycles. The largest absolute Gasteiger partial charge is 0.462 e. The van der Waals surface area contributed by atoms with Crippen LogP contribution in [0.3, 0.4) is 0 Å². The van der Waals surface area contributed by atoms with Crippen LogP contribution in [0.5, 0.6) is 0 Å². The zero-order chi connectivity index (χ0) is 23.1. The Morgan fingerprint density at radius 1 is 1.00 bits per heavy atom. The van der Waals surface area contributed by atoms with Crippen LogP contribution >= 0.6 is 0 Å². The summed E-state index contributed by atoms with van der Waals surface area (Å²) in [5.41, 5.74) is 10.9. The molecule has 6 heteroatoms. The summed E-state index contributed by atoms with van der Waals surface area (Å²) in [5.74, 6) is 0.116. The van der Waals surface area contributed by atoms with Gasteiger partial charge in [-0.2, -0.15) is 0 Å². The molecule has 0 spiro atoms. The van der Waals surface area contributed by atoms with Crippen molar-refractivity contribution < 1.29 is 14.3 Å². The molecule has 1 aliphatic rings. The van der Waals surface area contributed by atoms with Crippen molar-refractivity contribution in [2.24, 2.45) is 10.7 Å². The molecular formula is C26H31N3O3. The minimum atomic E-state index is -0.333. The summed E-state index contributed by atoms with van der Waals surface area (Å²) in [7, 11) is 0. The molecular weight excluding hydrogens is 402 g/mol. The van der Waals surface area contributed by atoms with Gasteiger partial charge in [-0.05, 0) is 55.2 Å². The van der Waals surface area contributed by atoms with Crippen LogP contribution in [0.25, 0.3) is 17.2 Å². The highest BCUT2D eigenvalue weighted by atomic mass is 16.5. The lowest BCUT2D eigenvalue weighted by Gasteiger charge is -2.22. The van der Waals surface area contributed by atoms with Gasteiger partial charge in [0.15, 0.2) is 0 Å². The van der Waals surface area contributed by atoms with Crippen molar-refractivity contribution in [3.8, 4) is 11.1 Å². The molecule has 0 aliphatic carbocycles. The number of hydrogen-bond donors (Lipinski definition) is 1. The smallest absolute Gasteiger partial charge is 0.338 e. The van der Waals surface area contributed by atoms with Gasteiger partial charge in [0.05, 0.1) is 17.9 Å². The second-order valence-corrected chi connectivity index (χ2v) is 7.81. The predicted octanol–water partition coefficient (Wildman–Crippen LogP) is 4.95. The van der Waals surface area contributed by atoms with Crippen LogP contribution in [0.1, 0.15) is 56.0 Å².